The van der Waals surface area contributed by atoms with Crippen molar-refractivity contribution in [3.05, 3.63) is 0 Å². The summed E-state index contributed by atoms with van der Waals surface area (Å²) < 4.78 is 26.0. The molecule has 0 saturated heterocycles. The van der Waals surface area contributed by atoms with Crippen molar-refractivity contribution in [3.63, 3.8) is 0 Å². The van der Waals surface area contributed by atoms with E-state index in [1.165, 1.54) is 0 Å². The van der Waals surface area contributed by atoms with Gasteiger partial charge in [0.1, 0.15) is 0 Å². The molecule has 192 valence electrons. The maximum absolute atomic E-state index is 13.5. The first-order chi connectivity index (χ1) is 14.9. The van der Waals surface area contributed by atoms with Gasteiger partial charge in [0.05, 0.1) is 26.4 Å². The Labute approximate surface area is 195 Å². The van der Waals surface area contributed by atoms with E-state index in [0.717, 1.165) is 0 Å². The van der Waals surface area contributed by atoms with Crippen molar-refractivity contribution in [2.24, 2.45) is 23.7 Å². The fourth-order valence-electron chi connectivity index (χ4n) is 4.99. The quantitative estimate of drug-likeness (QED) is 0.172. The van der Waals surface area contributed by atoms with Crippen molar-refractivity contribution < 1.29 is 34.0 Å². The highest BCUT2D eigenvalue weighted by atomic mass is 31.1. The van der Waals surface area contributed by atoms with Crippen LogP contribution in [0.25, 0.3) is 0 Å². The van der Waals surface area contributed by atoms with E-state index in [9.17, 15) is 25.0 Å². The molecule has 4 N–H and O–H groups in total. The minimum atomic E-state index is -2.65. The molecule has 32 heavy (non-hydrogen) atoms. The van der Waals surface area contributed by atoms with Crippen molar-refractivity contribution in [2.45, 2.75) is 66.8 Å². The van der Waals surface area contributed by atoms with Crippen molar-refractivity contribution in [2.75, 3.05) is 52.6 Å². The number of nitrogens with zero attached hydrogens (tertiary/aromatic N) is 2. The van der Waals surface area contributed by atoms with E-state index in [2.05, 4.69) is 0 Å². The first-order valence-electron chi connectivity index (χ1n) is 11.7. The zero-order valence-electron chi connectivity index (χ0n) is 21.3. The summed E-state index contributed by atoms with van der Waals surface area (Å²) in [6.07, 6.45) is 0. The summed E-state index contributed by atoms with van der Waals surface area (Å²) in [7, 11) is -2.65. The highest BCUT2D eigenvalue weighted by Gasteiger charge is 2.57. The number of aliphatic hydroxyl groups excluding tert-OH is 4. The lowest BCUT2D eigenvalue weighted by molar-refractivity contribution is -0.189. The molecule has 0 radical (unpaired) electrons. The molecule has 0 fully saturated rings. The van der Waals surface area contributed by atoms with Gasteiger partial charge in [0.15, 0.2) is 11.4 Å². The average molecular weight is 484 g/mol. The van der Waals surface area contributed by atoms with Crippen molar-refractivity contribution >= 4 is 8.25 Å². The van der Waals surface area contributed by atoms with Gasteiger partial charge in [0, 0.05) is 54.4 Å². The van der Waals surface area contributed by atoms with E-state index in [0.29, 0.717) is 0 Å². The lowest BCUT2D eigenvalue weighted by atomic mass is 9.86. The third-order valence-corrected chi connectivity index (χ3v) is 7.10. The van der Waals surface area contributed by atoms with E-state index in [1.807, 2.05) is 65.2 Å². The van der Waals surface area contributed by atoms with Gasteiger partial charge < -0.3 is 20.4 Å². The fraction of sp³-hybridized carbons (Fsp3) is 1.00. The van der Waals surface area contributed by atoms with Gasteiger partial charge in [-0.3, -0.25) is 9.80 Å². The van der Waals surface area contributed by atoms with Crippen LogP contribution in [0.1, 0.15) is 55.4 Å². The molecule has 0 rings (SSSR count). The van der Waals surface area contributed by atoms with Crippen LogP contribution in [0, 0.1) is 23.7 Å². The molecule has 9 nitrogen and oxygen atoms in total. The predicted octanol–water partition coefficient (Wildman–Crippen LogP) is 2.27. The highest BCUT2D eigenvalue weighted by Crippen LogP contribution is 2.48. The molecule has 0 heterocycles. The molecule has 0 aliphatic heterocycles. The number of hydrogen-bond acceptors (Lipinski definition) is 9. The summed E-state index contributed by atoms with van der Waals surface area (Å²) in [4.78, 5) is 3.65. The summed E-state index contributed by atoms with van der Waals surface area (Å²) >= 11 is 0. The molecule has 0 bridgehead atoms. The smallest absolute Gasteiger partial charge is 0.395 e. The van der Waals surface area contributed by atoms with Gasteiger partial charge in [-0.1, -0.05) is 64.4 Å². The minimum absolute atomic E-state index is 0.123. The molecular weight excluding hydrogens is 435 g/mol. The van der Waals surface area contributed by atoms with Crippen LogP contribution in [0.4, 0.5) is 0 Å². The third-order valence-electron chi connectivity index (χ3n) is 6.22. The summed E-state index contributed by atoms with van der Waals surface area (Å²) in [5.41, 5.74) is -2.09. The molecule has 0 atom stereocenters. The lowest BCUT2D eigenvalue weighted by Crippen LogP contribution is -2.60. The van der Waals surface area contributed by atoms with Gasteiger partial charge in [0.25, 0.3) is 0 Å². The van der Waals surface area contributed by atoms with E-state index >= 15 is 0 Å². The Morgan fingerprint density at radius 3 is 0.969 bits per heavy atom. The van der Waals surface area contributed by atoms with E-state index in [-0.39, 0.29) is 76.3 Å². The van der Waals surface area contributed by atoms with Crippen LogP contribution in [0.5, 0.6) is 0 Å². The molecule has 0 amide bonds. The maximum Gasteiger partial charge on any atom is 0.701 e. The van der Waals surface area contributed by atoms with Gasteiger partial charge >= 0.3 is 8.25 Å². The Balaban J connectivity index is 6.30. The summed E-state index contributed by atoms with van der Waals surface area (Å²) in [5.74, 6) is -0.494. The second-order valence-electron chi connectivity index (χ2n) is 9.40. The largest absolute Gasteiger partial charge is 0.701 e. The normalized spacial score (nSPS) is 13.6. The summed E-state index contributed by atoms with van der Waals surface area (Å²) in [6, 6.07) is 0. The van der Waals surface area contributed by atoms with Crippen molar-refractivity contribution in [3.8, 4) is 0 Å². The van der Waals surface area contributed by atoms with E-state index < -0.39 is 19.7 Å². The van der Waals surface area contributed by atoms with Crippen LogP contribution in [-0.2, 0) is 13.6 Å². The molecule has 0 aliphatic rings. The predicted molar refractivity (Wildman–Crippen MR) is 126 cm³/mol. The Hall–Kier alpha value is -0.220. The Kier molecular flexibility index (Phi) is 14.8. The average Bonchev–Trinajstić information content (AvgIpc) is 2.69. The van der Waals surface area contributed by atoms with E-state index in [4.69, 9.17) is 9.05 Å². The molecular formula is C22H48N2O7P+. The van der Waals surface area contributed by atoms with Crippen molar-refractivity contribution in [1.29, 1.82) is 0 Å². The molecule has 0 unspecified atom stereocenters. The molecule has 0 aromatic rings. The van der Waals surface area contributed by atoms with Crippen molar-refractivity contribution in [1.82, 2.24) is 9.80 Å². The van der Waals surface area contributed by atoms with Gasteiger partial charge in [-0.05, 0) is 0 Å². The van der Waals surface area contributed by atoms with Gasteiger partial charge in [0.2, 0.25) is 0 Å². The van der Waals surface area contributed by atoms with Crippen LogP contribution in [0.3, 0.4) is 0 Å². The highest BCUT2D eigenvalue weighted by molar-refractivity contribution is 7.33. The Bertz CT molecular complexity index is 460. The maximum atomic E-state index is 13.5. The topological polar surface area (TPSA) is 123 Å². The zero-order valence-corrected chi connectivity index (χ0v) is 22.2. The second-order valence-corrected chi connectivity index (χ2v) is 10.2. The standard InChI is InChI=1S/C22H48N2O7P/c1-17(2)21(18(3)4,23(9-13-25)10-14-26)30-32(29)31-22(19(5)6,20(7)8)24(11-15-27)12-16-28/h17-20,25-28H,9-16H2,1-8H3/q+1. The molecule has 0 aliphatic carbocycles. The first-order valence-corrected chi connectivity index (χ1v) is 12.8. The molecule has 0 saturated carbocycles. The van der Waals surface area contributed by atoms with Crippen LogP contribution >= 0.6 is 8.25 Å². The third kappa shape index (κ3) is 7.39. The monoisotopic (exact) mass is 483 g/mol. The van der Waals surface area contributed by atoms with E-state index in [1.54, 1.807) is 0 Å². The molecule has 10 heteroatoms. The number of rotatable bonds is 18. The fourth-order valence-corrected chi connectivity index (χ4v) is 6.58. The van der Waals surface area contributed by atoms with Crippen LogP contribution < -0.4 is 0 Å². The van der Waals surface area contributed by atoms with Gasteiger partial charge in [-0.2, -0.15) is 0 Å². The first kappa shape index (κ1) is 31.8. The second kappa shape index (κ2) is 14.9. The van der Waals surface area contributed by atoms with Crippen LogP contribution in [0.2, 0.25) is 0 Å². The van der Waals surface area contributed by atoms with Crippen LogP contribution in [0.15, 0.2) is 0 Å². The lowest BCUT2D eigenvalue weighted by Gasteiger charge is -2.46. The SMILES string of the molecule is CC(C)C(O[P+](=O)OC(C(C)C)(C(C)C)N(CCO)CCO)(C(C)C)N(CCO)CCO. The van der Waals surface area contributed by atoms with Crippen LogP contribution in [-0.4, -0.2) is 94.3 Å². The zero-order chi connectivity index (χ0) is 25.1. The minimum Gasteiger partial charge on any atom is -0.395 e. The summed E-state index contributed by atoms with van der Waals surface area (Å²) in [5, 5.41) is 38.4. The molecule has 0 aromatic carbocycles. The number of hydrogen-bond donors (Lipinski definition) is 4. The number of aliphatic hydroxyl groups is 4. The van der Waals surface area contributed by atoms with Gasteiger partial charge in [-0.25, -0.2) is 0 Å². The molecule has 0 spiro atoms. The Morgan fingerprint density at radius 2 is 0.812 bits per heavy atom. The summed E-state index contributed by atoms with van der Waals surface area (Å²) in [6.45, 7) is 16.1. The Morgan fingerprint density at radius 1 is 0.594 bits per heavy atom. The van der Waals surface area contributed by atoms with Gasteiger partial charge in [-0.15, -0.1) is 0 Å². The molecule has 0 aromatic heterocycles.